The van der Waals surface area contributed by atoms with E-state index in [0.29, 0.717) is 11.1 Å². The zero-order chi connectivity index (χ0) is 14.5. The number of fused-ring (bicyclic) bond motifs is 1. The fourth-order valence-electron chi connectivity index (χ4n) is 2.10. The van der Waals surface area contributed by atoms with E-state index in [2.05, 4.69) is 55.3 Å². The molecule has 0 amide bonds. The van der Waals surface area contributed by atoms with Crippen LogP contribution in [0.25, 0.3) is 17.0 Å². The van der Waals surface area contributed by atoms with Gasteiger partial charge in [-0.1, -0.05) is 55.8 Å². The Bertz CT molecular complexity index is 618. The van der Waals surface area contributed by atoms with Crippen LogP contribution in [0, 0.1) is 12.8 Å². The lowest BCUT2D eigenvalue weighted by molar-refractivity contribution is 0.577. The van der Waals surface area contributed by atoms with Gasteiger partial charge in [0.15, 0.2) is 0 Å². The molecule has 0 bridgehead atoms. The summed E-state index contributed by atoms with van der Waals surface area (Å²) in [5.41, 5.74) is 3.10. The van der Waals surface area contributed by atoms with E-state index in [1.165, 1.54) is 0 Å². The van der Waals surface area contributed by atoms with Crippen LogP contribution in [0.1, 0.15) is 25.0 Å². The van der Waals surface area contributed by atoms with Crippen molar-refractivity contribution in [3.05, 3.63) is 46.6 Å². The van der Waals surface area contributed by atoms with Crippen LogP contribution in [0.3, 0.4) is 0 Å². The number of nitrogens with one attached hydrogen (secondary N) is 1. The minimum absolute atomic E-state index is 0.562. The molecule has 0 aliphatic carbocycles. The average molecular weight is 289 g/mol. The molecule has 20 heavy (non-hydrogen) atoms. The molecule has 0 spiro atoms. The number of hydrogen-bond donors (Lipinski definition) is 1. The summed E-state index contributed by atoms with van der Waals surface area (Å²) in [7, 11) is 0. The van der Waals surface area contributed by atoms with Gasteiger partial charge in [0.05, 0.1) is 5.52 Å². The van der Waals surface area contributed by atoms with E-state index in [1.807, 2.05) is 12.1 Å². The van der Waals surface area contributed by atoms with Crippen molar-refractivity contribution in [3.63, 3.8) is 0 Å². The fraction of sp³-hybridized carbons (Fsp3) is 0.353. The third kappa shape index (κ3) is 3.81. The quantitative estimate of drug-likeness (QED) is 0.649. The molecule has 0 fully saturated rings. The Morgan fingerprint density at radius 1 is 1.35 bits per heavy atom. The maximum atomic E-state index is 6.26. The van der Waals surface area contributed by atoms with Gasteiger partial charge in [-0.2, -0.15) is 0 Å². The molecule has 0 radical (unpaired) electrons. The highest BCUT2D eigenvalue weighted by atomic mass is 35.5. The van der Waals surface area contributed by atoms with Gasteiger partial charge in [0.25, 0.3) is 0 Å². The molecule has 1 N–H and O–H groups in total. The normalized spacial score (nSPS) is 11.8. The molecule has 0 saturated heterocycles. The van der Waals surface area contributed by atoms with E-state index in [-0.39, 0.29) is 0 Å². The smallest absolute Gasteiger partial charge is 0.136 e. The summed E-state index contributed by atoms with van der Waals surface area (Å²) in [4.78, 5) is 4.50. The molecule has 1 aromatic carbocycles. The summed E-state index contributed by atoms with van der Waals surface area (Å²) in [6.07, 6.45) is 4.12. The van der Waals surface area contributed by atoms with Crippen LogP contribution < -0.4 is 5.32 Å². The number of benzene rings is 1. The maximum absolute atomic E-state index is 6.26. The predicted octanol–water partition coefficient (Wildman–Crippen LogP) is 4.46. The fourth-order valence-corrected chi connectivity index (χ4v) is 2.30. The summed E-state index contributed by atoms with van der Waals surface area (Å²) >= 11 is 6.26. The Labute approximate surface area is 125 Å². The Kier molecular flexibility index (Phi) is 5.16. The molecule has 0 saturated carbocycles. The van der Waals surface area contributed by atoms with Gasteiger partial charge in [-0.25, -0.2) is 4.98 Å². The predicted molar refractivity (Wildman–Crippen MR) is 88.2 cm³/mol. The van der Waals surface area contributed by atoms with Crippen molar-refractivity contribution in [1.29, 1.82) is 0 Å². The largest absolute Gasteiger partial charge is 0.313 e. The lowest BCUT2D eigenvalue weighted by Gasteiger charge is -2.05. The maximum Gasteiger partial charge on any atom is 0.136 e. The SMILES string of the molecule is Cc1cccc2cc(C=CCNCC(C)C)c(Cl)nc12. The molecule has 2 rings (SSSR count). The number of aryl methyl sites for hydroxylation is 1. The van der Waals surface area contributed by atoms with E-state index >= 15 is 0 Å². The van der Waals surface area contributed by atoms with Crippen LogP contribution >= 0.6 is 11.6 Å². The van der Waals surface area contributed by atoms with Crippen LogP contribution in [0.2, 0.25) is 5.15 Å². The van der Waals surface area contributed by atoms with E-state index in [0.717, 1.165) is 35.1 Å². The topological polar surface area (TPSA) is 24.9 Å². The van der Waals surface area contributed by atoms with E-state index in [1.54, 1.807) is 0 Å². The molecule has 0 unspecified atom stereocenters. The number of para-hydroxylation sites is 1. The van der Waals surface area contributed by atoms with Crippen molar-refractivity contribution in [2.75, 3.05) is 13.1 Å². The van der Waals surface area contributed by atoms with Crippen LogP contribution in [-0.2, 0) is 0 Å². The third-order valence-electron chi connectivity index (χ3n) is 3.14. The minimum atomic E-state index is 0.562. The molecule has 0 aliphatic heterocycles. The van der Waals surface area contributed by atoms with Gasteiger partial charge in [-0.05, 0) is 31.0 Å². The molecular formula is C17H21ClN2. The highest BCUT2D eigenvalue weighted by molar-refractivity contribution is 6.31. The van der Waals surface area contributed by atoms with E-state index in [9.17, 15) is 0 Å². The van der Waals surface area contributed by atoms with Crippen LogP contribution in [-0.4, -0.2) is 18.1 Å². The van der Waals surface area contributed by atoms with Crippen molar-refractivity contribution in [3.8, 4) is 0 Å². The summed E-state index contributed by atoms with van der Waals surface area (Å²) in [6.45, 7) is 8.32. The van der Waals surface area contributed by atoms with Crippen molar-refractivity contribution in [2.24, 2.45) is 5.92 Å². The molecule has 2 nitrogen and oxygen atoms in total. The standard InChI is InChI=1S/C17H21ClN2/c1-12(2)11-19-9-5-8-15-10-14-7-4-6-13(3)16(14)20-17(15)18/h4-8,10,12,19H,9,11H2,1-3H3. The van der Waals surface area contributed by atoms with Gasteiger partial charge < -0.3 is 5.32 Å². The van der Waals surface area contributed by atoms with E-state index in [4.69, 9.17) is 11.6 Å². The Morgan fingerprint density at radius 2 is 2.15 bits per heavy atom. The molecule has 2 aromatic rings. The highest BCUT2D eigenvalue weighted by Gasteiger charge is 2.04. The number of pyridine rings is 1. The van der Waals surface area contributed by atoms with Crippen molar-refractivity contribution >= 4 is 28.6 Å². The summed E-state index contributed by atoms with van der Waals surface area (Å²) in [5, 5.41) is 5.06. The number of hydrogen-bond acceptors (Lipinski definition) is 2. The van der Waals surface area contributed by atoms with Crippen LogP contribution in [0.4, 0.5) is 0 Å². The monoisotopic (exact) mass is 288 g/mol. The van der Waals surface area contributed by atoms with Gasteiger partial charge in [0.1, 0.15) is 5.15 Å². The molecule has 0 atom stereocenters. The van der Waals surface area contributed by atoms with Crippen LogP contribution in [0.15, 0.2) is 30.3 Å². The van der Waals surface area contributed by atoms with Gasteiger partial charge in [0.2, 0.25) is 0 Å². The molecule has 1 heterocycles. The van der Waals surface area contributed by atoms with Crippen molar-refractivity contribution in [2.45, 2.75) is 20.8 Å². The molecule has 106 valence electrons. The zero-order valence-electron chi connectivity index (χ0n) is 12.3. The zero-order valence-corrected chi connectivity index (χ0v) is 13.0. The molecule has 1 aromatic heterocycles. The molecular weight excluding hydrogens is 268 g/mol. The lowest BCUT2D eigenvalue weighted by Crippen LogP contribution is -2.19. The number of nitrogens with zero attached hydrogens (tertiary/aromatic N) is 1. The van der Waals surface area contributed by atoms with E-state index < -0.39 is 0 Å². The van der Waals surface area contributed by atoms with Gasteiger partial charge in [-0.3, -0.25) is 0 Å². The summed E-state index contributed by atoms with van der Waals surface area (Å²) < 4.78 is 0. The van der Waals surface area contributed by atoms with Crippen LogP contribution in [0.5, 0.6) is 0 Å². The van der Waals surface area contributed by atoms with Gasteiger partial charge in [-0.15, -0.1) is 0 Å². The van der Waals surface area contributed by atoms with Gasteiger partial charge >= 0.3 is 0 Å². The first-order valence-corrected chi connectivity index (χ1v) is 7.39. The summed E-state index contributed by atoms with van der Waals surface area (Å²) in [5.74, 6) is 0.664. The number of aromatic nitrogens is 1. The average Bonchev–Trinajstić information content (AvgIpc) is 2.40. The second kappa shape index (κ2) is 6.87. The minimum Gasteiger partial charge on any atom is -0.313 e. The van der Waals surface area contributed by atoms with Crippen molar-refractivity contribution < 1.29 is 0 Å². The highest BCUT2D eigenvalue weighted by Crippen LogP contribution is 2.23. The first kappa shape index (κ1) is 15.0. The second-order valence-corrected chi connectivity index (χ2v) is 5.83. The molecule has 0 aliphatic rings. The Balaban J connectivity index is 2.14. The lowest BCUT2D eigenvalue weighted by atomic mass is 10.1. The van der Waals surface area contributed by atoms with Gasteiger partial charge in [0, 0.05) is 17.5 Å². The first-order valence-electron chi connectivity index (χ1n) is 7.01. The summed E-state index contributed by atoms with van der Waals surface area (Å²) in [6, 6.07) is 8.26. The second-order valence-electron chi connectivity index (χ2n) is 5.47. The third-order valence-corrected chi connectivity index (χ3v) is 3.44. The molecule has 3 heteroatoms. The number of rotatable bonds is 5. The Morgan fingerprint density at radius 3 is 2.90 bits per heavy atom. The van der Waals surface area contributed by atoms with Crippen molar-refractivity contribution in [1.82, 2.24) is 10.3 Å². The first-order chi connectivity index (χ1) is 9.58. The Hall–Kier alpha value is -1.38. The number of halogens is 1.